The van der Waals surface area contributed by atoms with Gasteiger partial charge in [-0.2, -0.15) is 0 Å². The van der Waals surface area contributed by atoms with Crippen molar-refractivity contribution in [3.05, 3.63) is 111 Å². The molecular weight excluding hydrogens is 661 g/mol. The van der Waals surface area contributed by atoms with E-state index >= 15 is 0 Å². The molecule has 8 rings (SSSR count). The SMILES string of the molecule is CC1CN(Cc2ccc(-c3cccc(-n4c(=O)n(C5CCC(NC(=O)c6cn7c(n6)CCCC7)CC5)c(=O)c5cc(F)cnc54)c3)cc2)C[C@H](C)O1. The minimum atomic E-state index is -0.649. The van der Waals surface area contributed by atoms with Gasteiger partial charge in [-0.3, -0.25) is 19.1 Å². The molecule has 1 unspecified atom stereocenters. The lowest BCUT2D eigenvalue weighted by molar-refractivity contribution is -0.0704. The number of ether oxygens (including phenoxy) is 1. The quantitative estimate of drug-likeness (QED) is 0.241. The third kappa shape index (κ3) is 6.84. The van der Waals surface area contributed by atoms with E-state index in [1.165, 1.54) is 14.7 Å². The van der Waals surface area contributed by atoms with Crippen LogP contribution in [0.4, 0.5) is 4.39 Å². The number of aryl methyl sites for hydroxylation is 2. The summed E-state index contributed by atoms with van der Waals surface area (Å²) in [4.78, 5) is 52.5. The molecule has 1 N–H and O–H groups in total. The van der Waals surface area contributed by atoms with Gasteiger partial charge >= 0.3 is 5.69 Å². The number of aromatic nitrogens is 5. The summed E-state index contributed by atoms with van der Waals surface area (Å²) in [6.45, 7) is 7.71. The third-order valence-electron chi connectivity index (χ3n) is 10.7. The maximum atomic E-state index is 14.6. The number of halogens is 1. The lowest BCUT2D eigenvalue weighted by Crippen LogP contribution is -2.45. The van der Waals surface area contributed by atoms with Crippen LogP contribution in [0, 0.1) is 5.82 Å². The second-order valence-electron chi connectivity index (χ2n) is 14.7. The molecule has 3 aliphatic rings. The lowest BCUT2D eigenvalue weighted by Gasteiger charge is -2.35. The summed E-state index contributed by atoms with van der Waals surface area (Å²) in [5, 5.41) is 3.16. The number of fused-ring (bicyclic) bond motifs is 2. The highest BCUT2D eigenvalue weighted by atomic mass is 19.1. The van der Waals surface area contributed by atoms with E-state index in [2.05, 4.69) is 62.9 Å². The fourth-order valence-electron chi connectivity index (χ4n) is 8.30. The molecular formula is C40H44FN7O4. The Kier molecular flexibility index (Phi) is 9.35. The largest absolute Gasteiger partial charge is 0.373 e. The van der Waals surface area contributed by atoms with Crippen LogP contribution in [0.15, 0.2) is 76.6 Å². The van der Waals surface area contributed by atoms with Gasteiger partial charge in [-0.25, -0.2) is 23.7 Å². The van der Waals surface area contributed by atoms with E-state index in [4.69, 9.17) is 4.74 Å². The number of nitrogens with zero attached hydrogens (tertiary/aromatic N) is 6. The van der Waals surface area contributed by atoms with Gasteiger partial charge in [0.2, 0.25) is 0 Å². The molecule has 12 heteroatoms. The zero-order valence-electron chi connectivity index (χ0n) is 29.6. The van der Waals surface area contributed by atoms with E-state index in [-0.39, 0.29) is 35.2 Å². The molecule has 2 aromatic carbocycles. The predicted molar refractivity (Wildman–Crippen MR) is 196 cm³/mol. The Morgan fingerprint density at radius 2 is 1.73 bits per heavy atom. The summed E-state index contributed by atoms with van der Waals surface area (Å²) in [6.07, 6.45) is 8.49. The molecule has 5 heterocycles. The number of imidazole rings is 1. The Hall–Kier alpha value is -4.94. The Bertz CT molecular complexity index is 2200. The summed E-state index contributed by atoms with van der Waals surface area (Å²) in [6, 6.07) is 16.6. The molecule has 3 aromatic heterocycles. The highest BCUT2D eigenvalue weighted by Gasteiger charge is 2.29. The number of hydrogen-bond donors (Lipinski definition) is 1. The van der Waals surface area contributed by atoms with Crippen LogP contribution < -0.4 is 16.6 Å². The molecule has 1 amide bonds. The normalized spacial score (nSPS) is 22.3. The van der Waals surface area contributed by atoms with E-state index in [9.17, 15) is 18.8 Å². The molecule has 0 spiro atoms. The van der Waals surface area contributed by atoms with E-state index in [0.29, 0.717) is 37.1 Å². The first-order valence-electron chi connectivity index (χ1n) is 18.5. The average Bonchev–Trinajstić information content (AvgIpc) is 3.58. The van der Waals surface area contributed by atoms with E-state index in [1.807, 2.05) is 24.4 Å². The van der Waals surface area contributed by atoms with Crippen molar-refractivity contribution < 1.29 is 13.9 Å². The minimum absolute atomic E-state index is 0.0419. The first-order valence-corrected chi connectivity index (χ1v) is 18.5. The number of amides is 1. The maximum absolute atomic E-state index is 14.6. The molecule has 1 saturated carbocycles. The zero-order valence-corrected chi connectivity index (χ0v) is 29.6. The molecule has 0 radical (unpaired) electrons. The summed E-state index contributed by atoms with van der Waals surface area (Å²) in [5.74, 6) is 0.0990. The van der Waals surface area contributed by atoms with Crippen LogP contribution in [0.2, 0.25) is 0 Å². The number of nitrogens with one attached hydrogen (secondary N) is 1. The van der Waals surface area contributed by atoms with Crippen molar-refractivity contribution >= 4 is 16.9 Å². The monoisotopic (exact) mass is 705 g/mol. The molecule has 5 aromatic rings. The summed E-state index contributed by atoms with van der Waals surface area (Å²) < 4.78 is 25.2. The van der Waals surface area contributed by atoms with Crippen LogP contribution in [0.1, 0.15) is 80.3 Å². The van der Waals surface area contributed by atoms with Crippen LogP contribution in [0.25, 0.3) is 27.8 Å². The van der Waals surface area contributed by atoms with Gasteiger partial charge in [-0.15, -0.1) is 0 Å². The highest BCUT2D eigenvalue weighted by molar-refractivity contribution is 5.92. The molecule has 270 valence electrons. The Labute approximate surface area is 301 Å². The van der Waals surface area contributed by atoms with Crippen molar-refractivity contribution in [1.29, 1.82) is 0 Å². The van der Waals surface area contributed by atoms with Gasteiger partial charge in [0.15, 0.2) is 5.65 Å². The Morgan fingerprint density at radius 3 is 2.48 bits per heavy atom. The van der Waals surface area contributed by atoms with Gasteiger partial charge in [0, 0.05) is 50.9 Å². The maximum Gasteiger partial charge on any atom is 0.337 e. The van der Waals surface area contributed by atoms with Crippen molar-refractivity contribution in [1.82, 2.24) is 33.9 Å². The van der Waals surface area contributed by atoms with E-state index in [1.54, 1.807) is 6.07 Å². The van der Waals surface area contributed by atoms with Crippen LogP contribution in [0.3, 0.4) is 0 Å². The highest BCUT2D eigenvalue weighted by Crippen LogP contribution is 2.29. The van der Waals surface area contributed by atoms with Gasteiger partial charge in [0.05, 0.1) is 29.5 Å². The zero-order chi connectivity index (χ0) is 35.9. The summed E-state index contributed by atoms with van der Waals surface area (Å²) in [5.41, 5.74) is 3.07. The summed E-state index contributed by atoms with van der Waals surface area (Å²) >= 11 is 0. The molecule has 0 bridgehead atoms. The fourth-order valence-corrected chi connectivity index (χ4v) is 8.30. The second kappa shape index (κ2) is 14.2. The van der Waals surface area contributed by atoms with Crippen LogP contribution in [-0.2, 0) is 24.2 Å². The number of carbonyl (C=O) groups is 1. The number of rotatable bonds is 7. The van der Waals surface area contributed by atoms with Gasteiger partial charge in [0.25, 0.3) is 11.5 Å². The molecule has 1 aliphatic carbocycles. The van der Waals surface area contributed by atoms with Crippen LogP contribution in [-0.4, -0.2) is 65.8 Å². The molecule has 2 aliphatic heterocycles. The number of carbonyl (C=O) groups excluding carboxylic acids is 1. The predicted octanol–water partition coefficient (Wildman–Crippen LogP) is 5.41. The smallest absolute Gasteiger partial charge is 0.337 e. The Morgan fingerprint density at radius 1 is 0.962 bits per heavy atom. The van der Waals surface area contributed by atoms with Crippen molar-refractivity contribution in [2.45, 2.75) is 96.2 Å². The lowest BCUT2D eigenvalue weighted by atomic mass is 9.90. The molecule has 11 nitrogen and oxygen atoms in total. The number of morpholine rings is 1. The first kappa shape index (κ1) is 34.2. The van der Waals surface area contributed by atoms with E-state index < -0.39 is 23.1 Å². The molecule has 2 atom stereocenters. The third-order valence-corrected chi connectivity index (χ3v) is 10.7. The number of hydrogen-bond acceptors (Lipinski definition) is 7. The van der Waals surface area contributed by atoms with Crippen LogP contribution in [0.5, 0.6) is 0 Å². The Balaban J connectivity index is 1.04. The topological polar surface area (TPSA) is 116 Å². The van der Waals surface area contributed by atoms with Crippen molar-refractivity contribution in [3.8, 4) is 16.8 Å². The fraction of sp³-hybridized carbons (Fsp3) is 0.425. The molecule has 52 heavy (non-hydrogen) atoms. The van der Waals surface area contributed by atoms with Gasteiger partial charge < -0.3 is 14.6 Å². The van der Waals surface area contributed by atoms with Gasteiger partial charge in [-0.05, 0) is 87.3 Å². The minimum Gasteiger partial charge on any atom is -0.373 e. The van der Waals surface area contributed by atoms with Crippen molar-refractivity contribution in [3.63, 3.8) is 0 Å². The number of benzene rings is 2. The standard InChI is InChI=1S/C40H44FN7O4/c1-25-21-45(22-26(2)52-25)23-27-9-11-28(12-10-27)29-6-5-7-33(18-29)47-37-34(19-30(41)20-42-37)39(50)48(40(47)51)32-15-13-31(14-16-32)43-38(49)35-24-46-17-4-3-8-36(46)44-35/h5-7,9-12,18-20,24-26,31-32H,3-4,8,13-17,21-23H2,1-2H3,(H,43,49)/t25-,26?,31?,32?/m0/s1. The van der Waals surface area contributed by atoms with Crippen molar-refractivity contribution in [2.24, 2.45) is 0 Å². The second-order valence-corrected chi connectivity index (χ2v) is 14.7. The first-order chi connectivity index (χ1) is 25.2. The molecule has 2 fully saturated rings. The summed E-state index contributed by atoms with van der Waals surface area (Å²) in [7, 11) is 0. The van der Waals surface area contributed by atoms with Gasteiger partial charge in [-0.1, -0.05) is 36.4 Å². The van der Waals surface area contributed by atoms with Gasteiger partial charge in [0.1, 0.15) is 17.3 Å². The van der Waals surface area contributed by atoms with Crippen molar-refractivity contribution in [2.75, 3.05) is 13.1 Å². The van der Waals surface area contributed by atoms with E-state index in [0.717, 1.165) is 74.7 Å². The number of pyridine rings is 1. The van der Waals surface area contributed by atoms with Crippen LogP contribution >= 0.6 is 0 Å². The molecule has 1 saturated heterocycles. The average molecular weight is 706 g/mol.